The molecule has 17 N–H and O–H groups in total. The number of aliphatic hydroxyl groups is 5. The van der Waals surface area contributed by atoms with Crippen LogP contribution in [0.25, 0.3) is 0 Å². The van der Waals surface area contributed by atoms with Crippen molar-refractivity contribution >= 4 is 0 Å². The highest BCUT2D eigenvalue weighted by Gasteiger charge is 2.52. The molecule has 2 aliphatic heterocycles. The molecule has 41 heavy (non-hydrogen) atoms. The van der Waals surface area contributed by atoms with Crippen molar-refractivity contribution in [3.63, 3.8) is 0 Å². The van der Waals surface area contributed by atoms with E-state index in [-0.39, 0.29) is 25.2 Å². The zero-order valence-electron chi connectivity index (χ0n) is 23.7. The molecule has 2 aliphatic carbocycles. The molecule has 4 rings (SSSR count). The van der Waals surface area contributed by atoms with Crippen LogP contribution in [-0.2, 0) is 14.2 Å². The number of ether oxygens (including phenoxy) is 3. The molecule has 0 aromatic heterocycles. The summed E-state index contributed by atoms with van der Waals surface area (Å²) in [5.74, 6) is -0.0223. The summed E-state index contributed by atoms with van der Waals surface area (Å²) in [5.41, 5.74) is 30.6. The van der Waals surface area contributed by atoms with Crippen LogP contribution in [0.5, 0.6) is 0 Å². The fraction of sp³-hybridized carbons (Fsp3) is 1.00. The molecule has 15 nitrogen and oxygen atoms in total. The van der Waals surface area contributed by atoms with Crippen molar-refractivity contribution in [3.05, 3.63) is 0 Å². The topological polar surface area (TPSA) is 283 Å². The second-order valence-corrected chi connectivity index (χ2v) is 12.5. The zero-order chi connectivity index (χ0) is 29.8. The van der Waals surface area contributed by atoms with Gasteiger partial charge in [0.2, 0.25) is 0 Å². The van der Waals surface area contributed by atoms with Gasteiger partial charge in [-0.05, 0) is 44.6 Å². The molecule has 0 bridgehead atoms. The number of aliphatic hydroxyl groups excluding tert-OH is 5. The Kier molecular flexibility index (Phi) is 12.1. The molecule has 4 fully saturated rings. The minimum atomic E-state index is -1.43. The molecule has 14 unspecified atom stereocenters. The van der Waals surface area contributed by atoms with Gasteiger partial charge in [-0.15, -0.1) is 0 Å². The maximum atomic E-state index is 11.8. The van der Waals surface area contributed by atoms with Crippen LogP contribution in [0, 0.1) is 11.8 Å². The van der Waals surface area contributed by atoms with E-state index in [0.29, 0.717) is 31.3 Å². The Morgan fingerprint density at radius 3 is 2.29 bits per heavy atom. The summed E-state index contributed by atoms with van der Waals surface area (Å²) < 4.78 is 18.3. The van der Waals surface area contributed by atoms with E-state index in [1.54, 1.807) is 0 Å². The molecule has 0 aromatic carbocycles. The van der Waals surface area contributed by atoms with Gasteiger partial charge in [-0.3, -0.25) is 0 Å². The van der Waals surface area contributed by atoms with Crippen LogP contribution in [0.2, 0.25) is 0 Å². The summed E-state index contributed by atoms with van der Waals surface area (Å²) in [6.45, 7) is 1.14. The van der Waals surface area contributed by atoms with E-state index in [4.69, 9.17) is 42.9 Å². The first-order valence-electron chi connectivity index (χ1n) is 15.0. The maximum Gasteiger partial charge on any atom is 0.186 e. The van der Waals surface area contributed by atoms with E-state index in [9.17, 15) is 25.5 Å². The highest BCUT2D eigenvalue weighted by atomic mass is 16.7. The molecule has 2 saturated carbocycles. The van der Waals surface area contributed by atoms with Gasteiger partial charge in [0, 0.05) is 49.7 Å². The van der Waals surface area contributed by atoms with Gasteiger partial charge in [-0.2, -0.15) is 0 Å². The molecule has 0 aromatic rings. The Bertz CT molecular complexity index is 799. The summed E-state index contributed by atoms with van der Waals surface area (Å²) >= 11 is 0. The summed E-state index contributed by atoms with van der Waals surface area (Å²) in [5, 5.41) is 59.1. The molecule has 0 amide bonds. The second kappa shape index (κ2) is 14.9. The van der Waals surface area contributed by atoms with Gasteiger partial charge in [0.05, 0.1) is 37.1 Å². The van der Waals surface area contributed by atoms with Crippen molar-refractivity contribution in [1.82, 2.24) is 10.6 Å². The first kappa shape index (κ1) is 33.3. The molecule has 4 aliphatic rings. The molecular weight excluding hydrogens is 538 g/mol. The first-order chi connectivity index (χ1) is 19.5. The molecule has 15 heteroatoms. The largest absolute Gasteiger partial charge is 0.394 e. The summed E-state index contributed by atoms with van der Waals surface area (Å²) in [6.07, 6.45) is -4.97. The number of nitrogens with one attached hydrogen (secondary N) is 2. The third-order valence-electron chi connectivity index (χ3n) is 9.31. The predicted octanol–water partition coefficient (Wildman–Crippen LogP) is -5.67. The van der Waals surface area contributed by atoms with E-state index in [0.717, 1.165) is 25.8 Å². The Morgan fingerprint density at radius 1 is 0.902 bits per heavy atom. The van der Waals surface area contributed by atoms with Gasteiger partial charge in [0.1, 0.15) is 24.4 Å². The van der Waals surface area contributed by atoms with Crippen LogP contribution in [0.4, 0.5) is 0 Å². The van der Waals surface area contributed by atoms with Crippen molar-refractivity contribution in [1.29, 1.82) is 0 Å². The van der Waals surface area contributed by atoms with Gasteiger partial charge in [-0.25, -0.2) is 0 Å². The van der Waals surface area contributed by atoms with Gasteiger partial charge >= 0.3 is 0 Å². The average molecular weight is 592 g/mol. The smallest absolute Gasteiger partial charge is 0.186 e. The molecule has 2 saturated heterocycles. The van der Waals surface area contributed by atoms with E-state index in [1.807, 2.05) is 0 Å². The van der Waals surface area contributed by atoms with E-state index in [2.05, 4.69) is 10.6 Å². The lowest BCUT2D eigenvalue weighted by Gasteiger charge is -2.51. The van der Waals surface area contributed by atoms with Crippen molar-refractivity contribution < 1.29 is 39.7 Å². The minimum absolute atomic E-state index is 0.0333. The van der Waals surface area contributed by atoms with Crippen LogP contribution in [0.3, 0.4) is 0 Å². The first-order valence-corrected chi connectivity index (χ1v) is 15.0. The summed E-state index contributed by atoms with van der Waals surface area (Å²) in [6, 6.07) is -2.29. The predicted molar refractivity (Wildman–Crippen MR) is 149 cm³/mol. The van der Waals surface area contributed by atoms with Crippen LogP contribution < -0.4 is 39.3 Å². The molecule has 14 atom stereocenters. The highest BCUT2D eigenvalue weighted by Crippen LogP contribution is 2.36. The average Bonchev–Trinajstić information content (AvgIpc) is 2.93. The monoisotopic (exact) mass is 591 g/mol. The fourth-order valence-electron chi connectivity index (χ4n) is 6.72. The van der Waals surface area contributed by atoms with Gasteiger partial charge < -0.3 is 79.0 Å². The summed E-state index contributed by atoms with van der Waals surface area (Å²) in [7, 11) is 0. The van der Waals surface area contributed by atoms with E-state index >= 15 is 0 Å². The molecular formula is C26H53N7O8. The van der Waals surface area contributed by atoms with Crippen LogP contribution >= 0.6 is 0 Å². The number of hydrogen-bond donors (Lipinski definition) is 12. The Labute approximate surface area is 241 Å². The van der Waals surface area contributed by atoms with Gasteiger partial charge in [0.15, 0.2) is 6.29 Å². The molecule has 0 spiro atoms. The second-order valence-electron chi connectivity index (χ2n) is 12.5. The minimum Gasteiger partial charge on any atom is -0.394 e. The SMILES string of the molecule is NCC(O)CNC1CC(N)C(C2OC(CNCC3CC(N)C3)CCC2N)C(O)C1OC1OC(CO)C(O)C(N)C1O. The van der Waals surface area contributed by atoms with Crippen molar-refractivity contribution in [2.45, 2.75) is 117 Å². The van der Waals surface area contributed by atoms with E-state index in [1.165, 1.54) is 0 Å². The Hall–Kier alpha value is -0.600. The zero-order valence-corrected chi connectivity index (χ0v) is 23.7. The molecule has 240 valence electrons. The van der Waals surface area contributed by atoms with Crippen LogP contribution in [-0.4, -0.2) is 144 Å². The molecule has 0 radical (unpaired) electrons. The van der Waals surface area contributed by atoms with Crippen molar-refractivity contribution in [2.75, 3.05) is 32.8 Å². The highest BCUT2D eigenvalue weighted by molar-refractivity contribution is 5.05. The van der Waals surface area contributed by atoms with Crippen LogP contribution in [0.15, 0.2) is 0 Å². The van der Waals surface area contributed by atoms with Crippen molar-refractivity contribution in [2.24, 2.45) is 40.5 Å². The van der Waals surface area contributed by atoms with Gasteiger partial charge in [0.25, 0.3) is 0 Å². The molecule has 2 heterocycles. The lowest BCUT2D eigenvalue weighted by atomic mass is 9.72. The standard InChI is InChI=1S/C26H53N7O8/c27-6-13(35)8-33-17-5-16(30)19(22(37)25(17)41-26-23(38)20(31)21(36)18(10-34)40-26)24-15(29)2-1-14(39-24)9-32-7-11-3-12(28)4-11/h11-26,32-38H,1-10,27-31H2. The van der Waals surface area contributed by atoms with Crippen molar-refractivity contribution in [3.8, 4) is 0 Å². The Morgan fingerprint density at radius 2 is 1.63 bits per heavy atom. The third kappa shape index (κ3) is 7.92. The quantitative estimate of drug-likeness (QED) is 0.101. The number of rotatable bonds is 12. The van der Waals surface area contributed by atoms with Crippen LogP contribution in [0.1, 0.15) is 32.1 Å². The summed E-state index contributed by atoms with van der Waals surface area (Å²) in [4.78, 5) is 0. The number of hydrogen-bond acceptors (Lipinski definition) is 15. The number of nitrogens with two attached hydrogens (primary N) is 5. The van der Waals surface area contributed by atoms with Gasteiger partial charge in [-0.1, -0.05) is 0 Å². The third-order valence-corrected chi connectivity index (χ3v) is 9.31. The Balaban J connectivity index is 1.46. The van der Waals surface area contributed by atoms with E-state index < -0.39 is 79.7 Å². The maximum absolute atomic E-state index is 11.8. The lowest BCUT2D eigenvalue weighted by molar-refractivity contribution is -0.306. The fourth-order valence-corrected chi connectivity index (χ4v) is 6.72. The lowest BCUT2D eigenvalue weighted by Crippen LogP contribution is -2.69. The normalized spacial score (nSPS) is 48.0.